The number of nitrogens with zero attached hydrogens (tertiary/aromatic N) is 4. The van der Waals surface area contributed by atoms with Crippen molar-refractivity contribution >= 4 is 46.8 Å². The number of hydrogen-bond acceptors (Lipinski definition) is 8. The number of carbonyl (C=O) groups is 1. The first-order chi connectivity index (χ1) is 16.4. The number of thioether (sulfide) groups is 1. The second-order valence-corrected chi connectivity index (χ2v) is 9.13. The maximum atomic E-state index is 12.0. The first-order valence-electron chi connectivity index (χ1n) is 10.7. The zero-order chi connectivity index (χ0) is 24.1. The number of halogens is 1. The average molecular weight is 501 g/mol. The lowest BCUT2D eigenvalue weighted by molar-refractivity contribution is -0.384. The van der Waals surface area contributed by atoms with Gasteiger partial charge in [0.05, 0.1) is 4.92 Å². The molecule has 0 spiro atoms. The first-order valence-corrected chi connectivity index (χ1v) is 11.9. The van der Waals surface area contributed by atoms with Crippen LogP contribution < -0.4 is 4.90 Å². The van der Waals surface area contributed by atoms with Gasteiger partial charge in [0.25, 0.3) is 10.9 Å². The molecule has 2 heterocycles. The van der Waals surface area contributed by atoms with Crippen LogP contribution in [0.5, 0.6) is 0 Å². The van der Waals surface area contributed by atoms with Crippen molar-refractivity contribution in [1.29, 1.82) is 0 Å². The second-order valence-electron chi connectivity index (χ2n) is 7.70. The molecule has 0 atom stereocenters. The highest BCUT2D eigenvalue weighted by atomic mass is 35.5. The predicted molar refractivity (Wildman–Crippen MR) is 130 cm³/mol. The summed E-state index contributed by atoms with van der Waals surface area (Å²) in [7, 11) is 0. The molecule has 1 aliphatic rings. The van der Waals surface area contributed by atoms with E-state index in [4.69, 9.17) is 16.0 Å². The molecule has 4 rings (SSSR count). The van der Waals surface area contributed by atoms with Crippen LogP contribution >= 0.6 is 23.4 Å². The standard InChI is InChI=1S/C23H21ClN4O5S/c24-17-7-5-15(6-8-17)21-25-26-23(33-21)34-20(22(29)30)14-16-13-18(28(31)32)9-10-19(16)27-11-3-1-2-4-12-27/h5-10,13-14H,1-4,11-12H2,(H,29,30)/b20-14+. The van der Waals surface area contributed by atoms with Crippen molar-refractivity contribution < 1.29 is 19.2 Å². The van der Waals surface area contributed by atoms with Crippen LogP contribution in [-0.2, 0) is 4.79 Å². The number of rotatable bonds is 7. The van der Waals surface area contributed by atoms with Crippen molar-refractivity contribution in [2.24, 2.45) is 0 Å². The fourth-order valence-corrected chi connectivity index (χ4v) is 4.49. The largest absolute Gasteiger partial charge is 0.477 e. The number of aliphatic carboxylic acids is 1. The van der Waals surface area contributed by atoms with Gasteiger partial charge in [-0.3, -0.25) is 10.1 Å². The molecule has 1 aromatic heterocycles. The highest BCUT2D eigenvalue weighted by Gasteiger charge is 2.20. The molecule has 1 saturated heterocycles. The molecule has 0 amide bonds. The molecule has 0 bridgehead atoms. The van der Waals surface area contributed by atoms with E-state index in [2.05, 4.69) is 15.1 Å². The molecule has 11 heteroatoms. The third kappa shape index (κ3) is 5.75. The summed E-state index contributed by atoms with van der Waals surface area (Å²) < 4.78 is 5.63. The smallest absolute Gasteiger partial charge is 0.342 e. The zero-order valence-corrected chi connectivity index (χ0v) is 19.6. The number of nitro groups is 1. The molecular formula is C23H21ClN4O5S. The third-order valence-corrected chi connectivity index (χ3v) is 6.46. The molecule has 34 heavy (non-hydrogen) atoms. The van der Waals surface area contributed by atoms with Crippen LogP contribution in [0.1, 0.15) is 31.2 Å². The van der Waals surface area contributed by atoms with E-state index in [9.17, 15) is 20.0 Å². The predicted octanol–water partition coefficient (Wildman–Crippen LogP) is 5.90. The van der Waals surface area contributed by atoms with Gasteiger partial charge in [-0.25, -0.2) is 4.79 Å². The number of nitro benzene ring substituents is 1. The summed E-state index contributed by atoms with van der Waals surface area (Å²) in [6.45, 7) is 1.62. The minimum Gasteiger partial charge on any atom is -0.477 e. The van der Waals surface area contributed by atoms with Gasteiger partial charge in [0.15, 0.2) is 0 Å². The van der Waals surface area contributed by atoms with Crippen LogP contribution in [0, 0.1) is 10.1 Å². The van der Waals surface area contributed by atoms with Crippen LogP contribution in [0.4, 0.5) is 11.4 Å². The molecule has 176 valence electrons. The fourth-order valence-electron chi connectivity index (χ4n) is 3.70. The molecule has 2 aromatic carbocycles. The number of aromatic nitrogens is 2. The number of carboxylic acid groups (broad SMARTS) is 1. The molecule has 1 N–H and O–H groups in total. The van der Waals surface area contributed by atoms with Crippen molar-refractivity contribution in [2.75, 3.05) is 18.0 Å². The molecule has 0 radical (unpaired) electrons. The SMILES string of the molecule is O=C(O)/C(=C\c1cc([N+](=O)[O-])ccc1N1CCCCCC1)Sc1nnc(-c2ccc(Cl)cc2)o1. The number of anilines is 1. The van der Waals surface area contributed by atoms with Crippen LogP contribution in [0.3, 0.4) is 0 Å². The maximum absolute atomic E-state index is 12.0. The lowest BCUT2D eigenvalue weighted by atomic mass is 10.1. The van der Waals surface area contributed by atoms with E-state index in [1.54, 1.807) is 30.3 Å². The minimum atomic E-state index is -1.20. The molecule has 0 aliphatic carbocycles. The molecule has 1 fully saturated rings. The van der Waals surface area contributed by atoms with Gasteiger partial charge >= 0.3 is 5.97 Å². The van der Waals surface area contributed by atoms with Crippen molar-refractivity contribution in [3.05, 3.63) is 68.1 Å². The highest BCUT2D eigenvalue weighted by molar-refractivity contribution is 8.03. The Morgan fingerprint density at radius 1 is 1.12 bits per heavy atom. The summed E-state index contributed by atoms with van der Waals surface area (Å²) in [4.78, 5) is 25.0. The Morgan fingerprint density at radius 3 is 2.47 bits per heavy atom. The van der Waals surface area contributed by atoms with E-state index in [0.29, 0.717) is 16.1 Å². The summed E-state index contributed by atoms with van der Waals surface area (Å²) in [6.07, 6.45) is 5.69. The molecule has 0 saturated carbocycles. The van der Waals surface area contributed by atoms with Gasteiger partial charge in [-0.15, -0.1) is 10.2 Å². The zero-order valence-electron chi connectivity index (χ0n) is 18.0. The van der Waals surface area contributed by atoms with E-state index in [-0.39, 0.29) is 21.7 Å². The van der Waals surface area contributed by atoms with Gasteiger partial charge in [-0.05, 0) is 61.0 Å². The summed E-state index contributed by atoms with van der Waals surface area (Å²) in [5, 5.41) is 29.7. The average Bonchev–Trinajstić information content (AvgIpc) is 3.11. The van der Waals surface area contributed by atoms with Crippen molar-refractivity contribution in [2.45, 2.75) is 30.9 Å². The molecule has 3 aromatic rings. The van der Waals surface area contributed by atoms with E-state index < -0.39 is 10.9 Å². The highest BCUT2D eigenvalue weighted by Crippen LogP contribution is 2.34. The van der Waals surface area contributed by atoms with Gasteiger partial charge in [0.2, 0.25) is 5.89 Å². The molecule has 1 aliphatic heterocycles. The van der Waals surface area contributed by atoms with Crippen molar-refractivity contribution in [1.82, 2.24) is 10.2 Å². The topological polar surface area (TPSA) is 123 Å². The summed E-state index contributed by atoms with van der Waals surface area (Å²) in [5.74, 6) is -0.978. The Balaban J connectivity index is 1.67. The molecule has 9 nitrogen and oxygen atoms in total. The van der Waals surface area contributed by atoms with Crippen LogP contribution in [-0.4, -0.2) is 39.3 Å². The lowest BCUT2D eigenvalue weighted by Gasteiger charge is -2.24. The van der Waals surface area contributed by atoms with E-state index in [1.807, 2.05) is 0 Å². The minimum absolute atomic E-state index is 0.0420. The monoisotopic (exact) mass is 500 g/mol. The van der Waals surface area contributed by atoms with Crippen molar-refractivity contribution in [3.8, 4) is 11.5 Å². The van der Waals surface area contributed by atoms with E-state index in [1.165, 1.54) is 18.2 Å². The third-order valence-electron chi connectivity index (χ3n) is 5.36. The summed E-state index contributed by atoms with van der Waals surface area (Å²) in [5.41, 5.74) is 1.76. The quantitative estimate of drug-likeness (QED) is 0.183. The number of carboxylic acids is 1. The van der Waals surface area contributed by atoms with Gasteiger partial charge in [0.1, 0.15) is 4.91 Å². The van der Waals surface area contributed by atoms with Crippen LogP contribution in [0.25, 0.3) is 17.5 Å². The number of benzene rings is 2. The normalized spacial score (nSPS) is 14.6. The summed E-state index contributed by atoms with van der Waals surface area (Å²) >= 11 is 6.70. The van der Waals surface area contributed by atoms with Gasteiger partial charge in [0, 0.05) is 47.1 Å². The Hall–Kier alpha value is -3.37. The second kappa shape index (κ2) is 10.7. The van der Waals surface area contributed by atoms with Crippen LogP contribution in [0.2, 0.25) is 5.02 Å². The molecule has 0 unspecified atom stereocenters. The van der Waals surface area contributed by atoms with Crippen molar-refractivity contribution in [3.63, 3.8) is 0 Å². The fraction of sp³-hybridized carbons (Fsp3) is 0.261. The van der Waals surface area contributed by atoms with Gasteiger partial charge in [-0.2, -0.15) is 0 Å². The molecular weight excluding hydrogens is 480 g/mol. The van der Waals surface area contributed by atoms with E-state index in [0.717, 1.165) is 56.2 Å². The Morgan fingerprint density at radius 2 is 1.82 bits per heavy atom. The van der Waals surface area contributed by atoms with E-state index >= 15 is 0 Å². The first kappa shape index (κ1) is 23.8. The Bertz CT molecular complexity index is 1220. The summed E-state index contributed by atoms with van der Waals surface area (Å²) in [6, 6.07) is 11.3. The number of non-ortho nitro benzene ring substituents is 1. The maximum Gasteiger partial charge on any atom is 0.342 e. The lowest BCUT2D eigenvalue weighted by Crippen LogP contribution is -2.24. The van der Waals surface area contributed by atoms with Crippen LogP contribution in [0.15, 0.2) is 57.0 Å². The Labute approximate surface area is 204 Å². The van der Waals surface area contributed by atoms with Gasteiger partial charge in [-0.1, -0.05) is 24.4 Å². The van der Waals surface area contributed by atoms with Gasteiger partial charge < -0.3 is 14.4 Å². The number of hydrogen-bond donors (Lipinski definition) is 1. The Kier molecular flexibility index (Phi) is 7.49.